The second-order valence-corrected chi connectivity index (χ2v) is 35.5. The average Bonchev–Trinajstić information content (AvgIpc) is 1.44. The molecule has 19 fully saturated rings. The topological polar surface area (TPSA) is 440 Å². The monoisotopic (exact) mass is 1800 g/mol. The Hall–Kier alpha value is -17.4. The van der Waals surface area contributed by atoms with E-state index in [0.29, 0.717) is 0 Å². The van der Waals surface area contributed by atoms with E-state index in [1.165, 1.54) is 333 Å². The van der Waals surface area contributed by atoms with Gasteiger partial charge in [-0.15, -0.1) is 0 Å². The quantitative estimate of drug-likeness (QED) is 0.112. The summed E-state index contributed by atoms with van der Waals surface area (Å²) in [6, 6.07) is 22.5. The summed E-state index contributed by atoms with van der Waals surface area (Å²) in [5.41, 5.74) is -32.4. The Balaban J connectivity index is 0.761. The van der Waals surface area contributed by atoms with Crippen molar-refractivity contribution < 1.29 is 111 Å². The zero-order chi connectivity index (χ0) is 88.8. The molecule has 0 saturated carbocycles. The van der Waals surface area contributed by atoms with Gasteiger partial charge < -0.3 is 53.0 Å². The fourth-order valence-electron chi connectivity index (χ4n) is 28.2. The fraction of sp³-hybridized carbons (Fsp3) is 0.294. The SMILES string of the molecule is O=C1N2CCN3C(=O)N4CN5C(=O)N6CN7C(=O)N(CN8C(=O)N9CN%10C(=O)N%11CN%12C(=O)N%13CN%14C(=O)N%15CN%16C(=O)N(CN%17C(=O)N(CN%18C(=O)N(CN%19C(=O)N(CN1C9(c1ccco1)C28c1ccco1)C%10(c1ccco1)C%19%11c1ccco1)C%12(c1ccco1)C%18%13c1ccco1)C%14(c1ccco1)C%17%15c1ccco1)C5(c1ccco1)C6%16c1ccco1)C3(c1ccco1)C47c1ccco1. The van der Waals surface area contributed by atoms with Gasteiger partial charge in [-0.1, -0.05) is 0 Å². The molecule has 0 aromatic carbocycles. The fourth-order valence-corrected chi connectivity index (χ4v) is 28.2. The zero-order valence-corrected chi connectivity index (χ0v) is 68.5. The van der Waals surface area contributed by atoms with Crippen molar-refractivity contribution >= 4 is 72.4 Å². The van der Waals surface area contributed by atoms with Crippen LogP contribution in [0.1, 0.15) is 69.1 Å². The molecule has 0 spiro atoms. The molecule has 0 aliphatic carbocycles. The molecule has 48 nitrogen and oxygen atoms in total. The Morgan fingerprint density at radius 3 is 0.301 bits per heavy atom. The third-order valence-electron chi connectivity index (χ3n) is 31.9. The van der Waals surface area contributed by atoms with Crippen molar-refractivity contribution in [2.24, 2.45) is 0 Å². The molecule has 0 N–H and O–H groups in total. The summed E-state index contributed by atoms with van der Waals surface area (Å²) in [6.07, 6.45) is 15.4. The number of rotatable bonds is 12. The first-order chi connectivity index (χ1) is 64.9. The van der Waals surface area contributed by atoms with Gasteiger partial charge in [0, 0.05) is 13.1 Å². The number of fused-ring (bicyclic) bond motifs is 4. The lowest BCUT2D eigenvalue weighted by Gasteiger charge is -2.55. The van der Waals surface area contributed by atoms with Gasteiger partial charge in [0.15, 0.2) is 69.1 Å². The molecule has 12 unspecified atom stereocenters. The smallest absolute Gasteiger partial charge is 0.327 e. The largest absolute Gasteiger partial charge is 0.465 e. The van der Waals surface area contributed by atoms with E-state index in [0.717, 1.165) is 4.90 Å². The minimum absolute atomic E-state index is 0.189. The molecule has 14 bridgehead atoms. The number of carbonyl (C=O) groups excluding carboxylic acids is 12. The third kappa shape index (κ3) is 6.26. The van der Waals surface area contributed by atoms with Gasteiger partial charge in [-0.2, -0.15) is 0 Å². The molecule has 19 aliphatic rings. The number of carbonyl (C=O) groups is 12. The summed E-state index contributed by atoms with van der Waals surface area (Å²) in [7, 11) is 0. The van der Waals surface area contributed by atoms with E-state index < -0.39 is 227 Å². The van der Waals surface area contributed by atoms with Crippen LogP contribution in [-0.4, -0.2) is 276 Å². The number of amides is 24. The normalized spacial score (nSPS) is 34.1. The minimum Gasteiger partial charge on any atom is -0.465 e. The van der Waals surface area contributed by atoms with Gasteiger partial charge in [0.05, 0.1) is 75.2 Å². The summed E-state index contributed by atoms with van der Waals surface area (Å²) in [5.74, 6) is -2.81. The number of hydrogen-bond acceptors (Lipinski definition) is 24. The van der Waals surface area contributed by atoms with Crippen molar-refractivity contribution in [3.8, 4) is 0 Å². The molecular weight excluding hydrogens is 1740 g/mol. The molecule has 48 heteroatoms. The van der Waals surface area contributed by atoms with Crippen LogP contribution in [0.4, 0.5) is 57.5 Å². The van der Waals surface area contributed by atoms with Crippen molar-refractivity contribution in [3.05, 3.63) is 290 Å². The minimum atomic E-state index is -2.77. The van der Waals surface area contributed by atoms with Crippen LogP contribution in [0.25, 0.3) is 0 Å². The Labute approximate surface area is 741 Å². The highest BCUT2D eigenvalue weighted by Gasteiger charge is 2.98. The van der Waals surface area contributed by atoms with Crippen molar-refractivity contribution in [3.63, 3.8) is 0 Å². The first-order valence-electron chi connectivity index (χ1n) is 42.5. The molecule has 12 aromatic rings. The van der Waals surface area contributed by atoms with E-state index in [1.54, 1.807) is 0 Å². The lowest BCUT2D eigenvalue weighted by Crippen LogP contribution is -2.73. The van der Waals surface area contributed by atoms with E-state index >= 15 is 57.5 Å². The first-order valence-corrected chi connectivity index (χ1v) is 42.5. The Kier molecular flexibility index (Phi) is 11.8. The summed E-state index contributed by atoms with van der Waals surface area (Å²) in [5, 5.41) is 0. The molecule has 133 heavy (non-hydrogen) atoms. The van der Waals surface area contributed by atoms with E-state index in [-0.39, 0.29) is 69.1 Å². The summed E-state index contributed by atoms with van der Waals surface area (Å²) < 4.78 is 81.9. The molecule has 0 radical (unpaired) electrons. The predicted molar refractivity (Wildman–Crippen MR) is 417 cm³/mol. The van der Waals surface area contributed by atoms with E-state index in [9.17, 15) is 0 Å². The molecule has 19 saturated heterocycles. The predicted octanol–water partition coefficient (Wildman–Crippen LogP) is 7.82. The van der Waals surface area contributed by atoms with E-state index in [1.807, 2.05) is 0 Å². The van der Waals surface area contributed by atoms with Gasteiger partial charge in [-0.25, -0.2) is 57.5 Å². The Bertz CT molecular complexity index is 7130. The Morgan fingerprint density at radius 2 is 0.218 bits per heavy atom. The highest BCUT2D eigenvalue weighted by molar-refractivity contribution is 6.00. The molecular formula is C85H62N24O24. The zero-order valence-electron chi connectivity index (χ0n) is 68.5. The molecule has 12 aromatic heterocycles. The maximum Gasteiger partial charge on any atom is 0.327 e. The second kappa shape index (κ2) is 21.9. The number of nitrogens with zero attached hydrogens (tertiary/aromatic N) is 24. The van der Waals surface area contributed by atoms with Gasteiger partial charge in [-0.3, -0.25) is 118 Å². The highest BCUT2D eigenvalue weighted by atomic mass is 16.4. The molecule has 31 rings (SSSR count). The molecule has 31 heterocycles. The van der Waals surface area contributed by atoms with Gasteiger partial charge in [-0.05, 0) is 146 Å². The Morgan fingerprint density at radius 1 is 0.135 bits per heavy atom. The van der Waals surface area contributed by atoms with Crippen molar-refractivity contribution in [2.45, 2.75) is 68.0 Å². The molecule has 19 aliphatic heterocycles. The van der Waals surface area contributed by atoms with Crippen LogP contribution in [0.15, 0.2) is 274 Å². The number of urea groups is 12. The van der Waals surface area contributed by atoms with E-state index in [4.69, 9.17) is 53.0 Å². The van der Waals surface area contributed by atoms with Crippen LogP contribution in [0.5, 0.6) is 0 Å². The van der Waals surface area contributed by atoms with Crippen LogP contribution < -0.4 is 0 Å². The number of hydrogen-bond donors (Lipinski definition) is 0. The third-order valence-corrected chi connectivity index (χ3v) is 31.9. The van der Waals surface area contributed by atoms with Crippen LogP contribution in [0.3, 0.4) is 0 Å². The van der Waals surface area contributed by atoms with Gasteiger partial charge in [0.25, 0.3) is 0 Å². The van der Waals surface area contributed by atoms with Crippen LogP contribution >= 0.6 is 0 Å². The van der Waals surface area contributed by atoms with Crippen molar-refractivity contribution in [1.29, 1.82) is 0 Å². The maximum absolute atomic E-state index is 18.6. The lowest BCUT2D eigenvalue weighted by atomic mass is 9.83. The van der Waals surface area contributed by atoms with E-state index in [2.05, 4.69) is 0 Å². The van der Waals surface area contributed by atoms with Crippen LogP contribution in [0.2, 0.25) is 0 Å². The average molecular weight is 1800 g/mol. The van der Waals surface area contributed by atoms with Crippen molar-refractivity contribution in [2.75, 3.05) is 86.4 Å². The van der Waals surface area contributed by atoms with Gasteiger partial charge >= 0.3 is 72.4 Å². The van der Waals surface area contributed by atoms with Gasteiger partial charge in [0.2, 0.25) is 68.0 Å². The van der Waals surface area contributed by atoms with Gasteiger partial charge in [0.1, 0.15) is 73.4 Å². The summed E-state index contributed by atoms with van der Waals surface area (Å²) >= 11 is 0. The lowest BCUT2D eigenvalue weighted by molar-refractivity contribution is -0.202. The molecule has 24 amide bonds. The van der Waals surface area contributed by atoms with Crippen LogP contribution in [0, 0.1) is 0 Å². The number of furan rings is 12. The van der Waals surface area contributed by atoms with Crippen molar-refractivity contribution in [1.82, 2.24) is 118 Å². The maximum atomic E-state index is 18.6. The summed E-state index contributed by atoms with van der Waals surface area (Å²) in [6.45, 7) is -13.6. The summed E-state index contributed by atoms with van der Waals surface area (Å²) in [4.78, 5) is 249. The molecule has 12 atom stereocenters. The first kappa shape index (κ1) is 71.6. The second-order valence-electron chi connectivity index (χ2n) is 35.5. The highest BCUT2D eigenvalue weighted by Crippen LogP contribution is 2.77. The molecule has 666 valence electrons. The standard InChI is InChI=1S/C85H62N24O24/c110-62-86-25-26-87-63(111)89-40-95-67(115)98-44-102-70(118)106-48-107-71(119)103-45-99-69(117)101-47-105-73(121)109(85(107,61-24-12-38-133-61)83(103,105)59-22-10-36-131-59)49-108-72(120)104(82(102,58-21-9-35-130-58)84(106,108)60-23-11-37-132-60)46-100-68(116)97(78(95,54-17-5-31-126-54)81(98,100)57-20-8-34-129-57)43-93-65(113)91(75(87,51-14-2-28-123-51)77(89,93)53-16-4-30-125-53)41-90-64(112)92-42-96-66(114)94(79(99,55-18-6-32-127-55)80(96,101)56-19-7-33-128-56)39-88(62)76(92,52-15-3-29-124-52)74(86,90)50-13-1-27-122-50/h1-24,27-38H,25-26,39-49H2. The van der Waals surface area contributed by atoms with Crippen LogP contribution in [-0.2, 0) is 68.0 Å².